The number of carbonyl (C=O) groups is 1. The van der Waals surface area contributed by atoms with Crippen LogP contribution in [-0.4, -0.2) is 32.5 Å². The summed E-state index contributed by atoms with van der Waals surface area (Å²) in [4.78, 5) is 17.3. The maximum Gasteiger partial charge on any atom is 0.280 e. The van der Waals surface area contributed by atoms with Gasteiger partial charge in [0.05, 0.1) is 18.7 Å². The first-order valence-electron chi connectivity index (χ1n) is 10.6. The first-order chi connectivity index (χ1) is 15.9. The number of para-hydroxylation sites is 1. The highest BCUT2D eigenvalue weighted by Gasteiger charge is 2.21. The fourth-order valence-corrected chi connectivity index (χ4v) is 3.49. The second-order valence-electron chi connectivity index (χ2n) is 7.70. The molecular formula is C24H26N6O3. The number of nitrogens with one attached hydrogen (secondary N) is 1. The van der Waals surface area contributed by atoms with Crippen LogP contribution in [0, 0.1) is 20.8 Å². The van der Waals surface area contributed by atoms with Gasteiger partial charge in [0.25, 0.3) is 5.91 Å². The number of carbonyl (C=O) groups excluding carboxylic acids is 1. The first kappa shape index (κ1) is 22.1. The summed E-state index contributed by atoms with van der Waals surface area (Å²) < 4.78 is 13.0. The number of hydrogen-bond donors (Lipinski definition) is 2. The number of hydrogen-bond acceptors (Lipinski definition) is 7. The highest BCUT2D eigenvalue weighted by atomic mass is 16.5. The van der Waals surface area contributed by atoms with E-state index in [9.17, 15) is 4.79 Å². The van der Waals surface area contributed by atoms with Gasteiger partial charge in [-0.3, -0.25) is 4.79 Å². The SMILES string of the molecule is CCOc1ccccc1-c1nc(Cn2nnc(C(=O)Nc3ccc(C)cc3C)c2N)c(C)o1. The Kier molecular flexibility index (Phi) is 6.12. The molecular weight excluding hydrogens is 420 g/mol. The number of nitrogen functional groups attached to an aromatic ring is 1. The largest absolute Gasteiger partial charge is 0.493 e. The van der Waals surface area contributed by atoms with Crippen molar-refractivity contribution in [3.63, 3.8) is 0 Å². The maximum absolute atomic E-state index is 12.7. The van der Waals surface area contributed by atoms with Gasteiger partial charge in [0.2, 0.25) is 5.89 Å². The molecule has 4 aromatic rings. The lowest BCUT2D eigenvalue weighted by Gasteiger charge is -2.08. The Morgan fingerprint density at radius 1 is 1.18 bits per heavy atom. The van der Waals surface area contributed by atoms with Gasteiger partial charge in [-0.15, -0.1) is 5.10 Å². The average molecular weight is 447 g/mol. The zero-order valence-electron chi connectivity index (χ0n) is 19.0. The van der Waals surface area contributed by atoms with E-state index in [4.69, 9.17) is 14.9 Å². The molecule has 0 atom stereocenters. The van der Waals surface area contributed by atoms with Crippen molar-refractivity contribution in [2.24, 2.45) is 0 Å². The van der Waals surface area contributed by atoms with E-state index in [0.717, 1.165) is 16.7 Å². The topological polar surface area (TPSA) is 121 Å². The molecule has 0 saturated carbocycles. The molecule has 170 valence electrons. The van der Waals surface area contributed by atoms with Crippen molar-refractivity contribution in [1.82, 2.24) is 20.0 Å². The number of aromatic nitrogens is 4. The van der Waals surface area contributed by atoms with Crippen LogP contribution in [0.3, 0.4) is 0 Å². The Labute approximate surface area is 191 Å². The van der Waals surface area contributed by atoms with Gasteiger partial charge < -0.3 is 20.2 Å². The Bertz CT molecular complexity index is 1310. The van der Waals surface area contributed by atoms with E-state index in [-0.39, 0.29) is 18.1 Å². The highest BCUT2D eigenvalue weighted by molar-refractivity contribution is 6.06. The quantitative estimate of drug-likeness (QED) is 0.437. The molecule has 0 unspecified atom stereocenters. The predicted octanol–water partition coefficient (Wildman–Crippen LogP) is 4.14. The molecule has 0 radical (unpaired) electrons. The summed E-state index contributed by atoms with van der Waals surface area (Å²) in [7, 11) is 0. The van der Waals surface area contributed by atoms with E-state index in [1.54, 1.807) is 0 Å². The van der Waals surface area contributed by atoms with Gasteiger partial charge >= 0.3 is 0 Å². The summed E-state index contributed by atoms with van der Waals surface area (Å²) >= 11 is 0. The van der Waals surface area contributed by atoms with Crippen LogP contribution in [0.25, 0.3) is 11.5 Å². The molecule has 0 saturated heterocycles. The third kappa shape index (κ3) is 4.57. The van der Waals surface area contributed by atoms with Crippen LogP contribution < -0.4 is 15.8 Å². The van der Waals surface area contributed by atoms with Gasteiger partial charge in [0.15, 0.2) is 11.5 Å². The average Bonchev–Trinajstić information content (AvgIpc) is 3.33. The zero-order chi connectivity index (χ0) is 23.5. The van der Waals surface area contributed by atoms with Gasteiger partial charge in [-0.05, 0) is 51.5 Å². The minimum Gasteiger partial charge on any atom is -0.493 e. The second-order valence-corrected chi connectivity index (χ2v) is 7.70. The van der Waals surface area contributed by atoms with Gasteiger partial charge in [-0.25, -0.2) is 9.67 Å². The number of nitrogens with zero attached hydrogens (tertiary/aromatic N) is 4. The van der Waals surface area contributed by atoms with Gasteiger partial charge in [0.1, 0.15) is 17.2 Å². The van der Waals surface area contributed by atoms with Gasteiger partial charge in [0, 0.05) is 5.69 Å². The van der Waals surface area contributed by atoms with Crippen LogP contribution in [0.5, 0.6) is 5.75 Å². The van der Waals surface area contributed by atoms with Crippen LogP contribution in [0.1, 0.15) is 40.0 Å². The number of ether oxygens (including phenoxy) is 1. The Morgan fingerprint density at radius 3 is 2.73 bits per heavy atom. The molecule has 3 N–H and O–H groups in total. The fraction of sp³-hybridized carbons (Fsp3) is 0.250. The van der Waals surface area contributed by atoms with Crippen molar-refractivity contribution in [2.45, 2.75) is 34.2 Å². The van der Waals surface area contributed by atoms with E-state index in [0.29, 0.717) is 35.4 Å². The molecule has 2 heterocycles. The van der Waals surface area contributed by atoms with Crippen LogP contribution in [0.4, 0.5) is 11.5 Å². The number of oxazole rings is 1. The van der Waals surface area contributed by atoms with E-state index < -0.39 is 5.91 Å². The van der Waals surface area contributed by atoms with E-state index in [1.165, 1.54) is 4.68 Å². The van der Waals surface area contributed by atoms with E-state index in [2.05, 4.69) is 20.6 Å². The summed E-state index contributed by atoms with van der Waals surface area (Å²) in [6.45, 7) is 8.40. The molecule has 0 fully saturated rings. The Morgan fingerprint density at radius 2 is 1.97 bits per heavy atom. The Hall–Kier alpha value is -4.14. The normalized spacial score (nSPS) is 10.9. The second kappa shape index (κ2) is 9.15. The predicted molar refractivity (Wildman–Crippen MR) is 125 cm³/mol. The molecule has 0 aliphatic carbocycles. The smallest absolute Gasteiger partial charge is 0.280 e. The molecule has 9 heteroatoms. The standard InChI is InChI=1S/C24H26N6O3/c1-5-32-20-9-7-6-8-17(20)24-27-19(16(4)33-24)13-30-22(25)21(28-29-30)23(31)26-18-11-10-14(2)12-15(18)3/h6-12H,5,13,25H2,1-4H3,(H,26,31). The summed E-state index contributed by atoms with van der Waals surface area (Å²) in [6, 6.07) is 13.3. The first-order valence-corrected chi connectivity index (χ1v) is 10.6. The molecule has 0 bridgehead atoms. The number of amides is 1. The molecule has 33 heavy (non-hydrogen) atoms. The summed E-state index contributed by atoms with van der Waals surface area (Å²) in [5.41, 5.74) is 10.4. The van der Waals surface area contributed by atoms with Gasteiger partial charge in [-0.1, -0.05) is 35.0 Å². The van der Waals surface area contributed by atoms with Crippen molar-refractivity contribution >= 4 is 17.4 Å². The molecule has 2 aromatic heterocycles. The Balaban J connectivity index is 1.55. The van der Waals surface area contributed by atoms with Crippen molar-refractivity contribution in [1.29, 1.82) is 0 Å². The minimum atomic E-state index is -0.422. The lowest BCUT2D eigenvalue weighted by molar-refractivity contribution is 0.102. The summed E-state index contributed by atoms with van der Waals surface area (Å²) in [5.74, 6) is 1.48. The van der Waals surface area contributed by atoms with Crippen molar-refractivity contribution in [2.75, 3.05) is 17.7 Å². The fourth-order valence-electron chi connectivity index (χ4n) is 3.49. The van der Waals surface area contributed by atoms with Crippen LogP contribution in [0.15, 0.2) is 46.9 Å². The number of rotatable bonds is 7. The molecule has 0 aliphatic rings. The third-order valence-corrected chi connectivity index (χ3v) is 5.23. The van der Waals surface area contributed by atoms with E-state index in [1.807, 2.05) is 70.2 Å². The lowest BCUT2D eigenvalue weighted by atomic mass is 10.1. The van der Waals surface area contributed by atoms with E-state index >= 15 is 0 Å². The van der Waals surface area contributed by atoms with Crippen molar-refractivity contribution in [3.05, 3.63) is 70.7 Å². The minimum absolute atomic E-state index is 0.0537. The number of nitrogens with two attached hydrogens (primary N) is 1. The lowest BCUT2D eigenvalue weighted by Crippen LogP contribution is -2.16. The monoisotopic (exact) mass is 446 g/mol. The molecule has 1 amide bonds. The zero-order valence-corrected chi connectivity index (χ0v) is 19.0. The maximum atomic E-state index is 12.7. The van der Waals surface area contributed by atoms with Crippen LogP contribution >= 0.6 is 0 Å². The van der Waals surface area contributed by atoms with Crippen molar-refractivity contribution < 1.29 is 13.9 Å². The van der Waals surface area contributed by atoms with Crippen LogP contribution in [0.2, 0.25) is 0 Å². The number of anilines is 2. The molecule has 0 aliphatic heterocycles. The third-order valence-electron chi connectivity index (χ3n) is 5.23. The number of benzene rings is 2. The van der Waals surface area contributed by atoms with Crippen molar-refractivity contribution in [3.8, 4) is 17.2 Å². The molecule has 4 rings (SSSR count). The highest BCUT2D eigenvalue weighted by Crippen LogP contribution is 2.31. The molecule has 0 spiro atoms. The summed E-state index contributed by atoms with van der Waals surface area (Å²) in [5, 5.41) is 10.9. The van der Waals surface area contributed by atoms with Crippen LogP contribution in [-0.2, 0) is 6.54 Å². The van der Waals surface area contributed by atoms with Gasteiger partial charge in [-0.2, -0.15) is 0 Å². The molecule has 2 aromatic carbocycles. The number of aryl methyl sites for hydroxylation is 3. The molecule has 9 nitrogen and oxygen atoms in total. The summed E-state index contributed by atoms with van der Waals surface area (Å²) in [6.07, 6.45) is 0.